The van der Waals surface area contributed by atoms with Crippen LogP contribution in [-0.4, -0.2) is 17.9 Å². The highest BCUT2D eigenvalue weighted by Crippen LogP contribution is 2.19. The molecule has 2 aromatic rings. The third kappa shape index (κ3) is 1.97. The van der Waals surface area contributed by atoms with Crippen LogP contribution in [0.5, 0.6) is 5.75 Å². The topological polar surface area (TPSA) is 39.2 Å². The lowest BCUT2D eigenvalue weighted by atomic mass is 10.1. The number of aromatic nitrogens is 1. The zero-order chi connectivity index (χ0) is 11.5. The maximum atomic E-state index is 12.1. The zero-order valence-corrected chi connectivity index (χ0v) is 9.88. The lowest BCUT2D eigenvalue weighted by Gasteiger charge is -2.01. The fourth-order valence-electron chi connectivity index (χ4n) is 1.39. The Bertz CT molecular complexity index is 502. The third-order valence-corrected chi connectivity index (χ3v) is 3.23. The van der Waals surface area contributed by atoms with Gasteiger partial charge in [0.2, 0.25) is 5.78 Å². The van der Waals surface area contributed by atoms with Gasteiger partial charge in [0.1, 0.15) is 5.75 Å². The maximum absolute atomic E-state index is 12.1. The number of benzene rings is 1. The molecule has 0 atom stereocenters. The van der Waals surface area contributed by atoms with Gasteiger partial charge in [0, 0.05) is 5.56 Å². The number of hydrogen-bond donors (Lipinski definition) is 0. The van der Waals surface area contributed by atoms with Gasteiger partial charge in [-0.05, 0) is 31.2 Å². The van der Waals surface area contributed by atoms with Crippen molar-refractivity contribution in [3.05, 3.63) is 45.9 Å². The minimum Gasteiger partial charge on any atom is -0.497 e. The summed E-state index contributed by atoms with van der Waals surface area (Å²) in [6.45, 7) is 1.84. The van der Waals surface area contributed by atoms with Crippen molar-refractivity contribution in [1.29, 1.82) is 0 Å². The molecule has 3 nitrogen and oxygen atoms in total. The molecule has 0 radical (unpaired) electrons. The SMILES string of the molecule is COc1ccc(C(=O)c2scnc2C)cc1. The van der Waals surface area contributed by atoms with Crippen LogP contribution in [-0.2, 0) is 0 Å². The predicted octanol–water partition coefficient (Wildman–Crippen LogP) is 2.69. The summed E-state index contributed by atoms with van der Waals surface area (Å²) >= 11 is 1.37. The summed E-state index contributed by atoms with van der Waals surface area (Å²) in [5.41, 5.74) is 3.13. The Balaban J connectivity index is 2.31. The number of ether oxygens (including phenoxy) is 1. The number of hydrogen-bond acceptors (Lipinski definition) is 4. The van der Waals surface area contributed by atoms with Crippen LogP contribution >= 0.6 is 11.3 Å². The molecule has 4 heteroatoms. The van der Waals surface area contributed by atoms with Gasteiger partial charge in [-0.25, -0.2) is 4.98 Å². The van der Waals surface area contributed by atoms with E-state index in [1.54, 1.807) is 36.9 Å². The summed E-state index contributed by atoms with van der Waals surface area (Å²) in [6, 6.07) is 7.09. The lowest BCUT2D eigenvalue weighted by Crippen LogP contribution is -2.00. The first-order chi connectivity index (χ1) is 7.72. The molecule has 0 N–H and O–H groups in total. The van der Waals surface area contributed by atoms with E-state index in [-0.39, 0.29) is 5.78 Å². The van der Waals surface area contributed by atoms with Crippen LogP contribution in [0, 0.1) is 6.92 Å². The van der Waals surface area contributed by atoms with Crippen molar-refractivity contribution in [3.8, 4) is 5.75 Å². The molecule has 16 heavy (non-hydrogen) atoms. The Morgan fingerprint density at radius 1 is 1.31 bits per heavy atom. The van der Waals surface area contributed by atoms with Crippen molar-refractivity contribution in [2.24, 2.45) is 0 Å². The van der Waals surface area contributed by atoms with Gasteiger partial charge in [-0.2, -0.15) is 0 Å². The van der Waals surface area contributed by atoms with Crippen LogP contribution in [0.3, 0.4) is 0 Å². The zero-order valence-electron chi connectivity index (χ0n) is 9.06. The quantitative estimate of drug-likeness (QED) is 0.765. The standard InChI is InChI=1S/C12H11NO2S/c1-8-12(16-7-13-8)11(14)9-3-5-10(15-2)6-4-9/h3-7H,1-2H3. The number of thiazole rings is 1. The molecular formula is C12H11NO2S. The van der Waals surface area contributed by atoms with Crippen LogP contribution in [0.15, 0.2) is 29.8 Å². The summed E-state index contributed by atoms with van der Waals surface area (Å²) in [5, 5.41) is 0. The van der Waals surface area contributed by atoms with Gasteiger partial charge in [-0.3, -0.25) is 4.79 Å². The Morgan fingerprint density at radius 2 is 2.00 bits per heavy atom. The van der Waals surface area contributed by atoms with E-state index in [9.17, 15) is 4.79 Å². The molecule has 1 aromatic carbocycles. The van der Waals surface area contributed by atoms with Crippen molar-refractivity contribution < 1.29 is 9.53 Å². The lowest BCUT2D eigenvalue weighted by molar-refractivity contribution is 0.104. The second-order valence-electron chi connectivity index (χ2n) is 3.32. The first kappa shape index (κ1) is 10.8. The molecule has 0 aliphatic carbocycles. The summed E-state index contributed by atoms with van der Waals surface area (Å²) in [7, 11) is 1.60. The second-order valence-corrected chi connectivity index (χ2v) is 4.18. The molecule has 0 spiro atoms. The van der Waals surface area contributed by atoms with E-state index >= 15 is 0 Å². The molecule has 0 unspecified atom stereocenters. The van der Waals surface area contributed by atoms with E-state index in [1.165, 1.54) is 11.3 Å². The van der Waals surface area contributed by atoms with Gasteiger partial charge < -0.3 is 4.74 Å². The molecule has 0 saturated carbocycles. The first-order valence-electron chi connectivity index (χ1n) is 4.81. The van der Waals surface area contributed by atoms with Crippen LogP contribution < -0.4 is 4.74 Å². The summed E-state index contributed by atoms with van der Waals surface area (Å²) in [6.07, 6.45) is 0. The summed E-state index contributed by atoms with van der Waals surface area (Å²) in [5.74, 6) is 0.764. The summed E-state index contributed by atoms with van der Waals surface area (Å²) < 4.78 is 5.04. The number of ketones is 1. The van der Waals surface area contributed by atoms with Crippen molar-refractivity contribution in [2.75, 3.05) is 7.11 Å². The number of carbonyl (C=O) groups excluding carboxylic acids is 1. The average Bonchev–Trinajstić information content (AvgIpc) is 2.75. The predicted molar refractivity (Wildman–Crippen MR) is 63.3 cm³/mol. The molecule has 0 aliphatic rings. The number of methoxy groups -OCH3 is 1. The fraction of sp³-hybridized carbons (Fsp3) is 0.167. The maximum Gasteiger partial charge on any atom is 0.204 e. The van der Waals surface area contributed by atoms with Gasteiger partial charge >= 0.3 is 0 Å². The third-order valence-electron chi connectivity index (χ3n) is 2.30. The monoisotopic (exact) mass is 233 g/mol. The molecule has 0 fully saturated rings. The highest BCUT2D eigenvalue weighted by atomic mass is 32.1. The second kappa shape index (κ2) is 4.45. The van der Waals surface area contributed by atoms with Crippen LogP contribution in [0.2, 0.25) is 0 Å². The normalized spacial score (nSPS) is 10.1. The Labute approximate surface area is 97.7 Å². The molecule has 1 aromatic heterocycles. The summed E-state index contributed by atoms with van der Waals surface area (Å²) in [4.78, 5) is 16.8. The minimum absolute atomic E-state index is 0.0163. The molecule has 0 aliphatic heterocycles. The minimum atomic E-state index is 0.0163. The molecule has 1 heterocycles. The molecular weight excluding hydrogens is 222 g/mol. The van der Waals surface area contributed by atoms with Gasteiger partial charge in [0.15, 0.2) is 0 Å². The van der Waals surface area contributed by atoms with Crippen molar-refractivity contribution in [2.45, 2.75) is 6.92 Å². The van der Waals surface area contributed by atoms with Gasteiger partial charge in [0.05, 0.1) is 23.2 Å². The van der Waals surface area contributed by atoms with Crippen LogP contribution in [0.4, 0.5) is 0 Å². The number of carbonyl (C=O) groups is 1. The number of nitrogens with zero attached hydrogens (tertiary/aromatic N) is 1. The van der Waals surface area contributed by atoms with Crippen LogP contribution in [0.1, 0.15) is 20.9 Å². The van der Waals surface area contributed by atoms with E-state index in [4.69, 9.17) is 4.74 Å². The average molecular weight is 233 g/mol. The fourth-order valence-corrected chi connectivity index (χ4v) is 2.16. The van der Waals surface area contributed by atoms with E-state index in [2.05, 4.69) is 4.98 Å². The van der Waals surface area contributed by atoms with E-state index in [1.807, 2.05) is 6.92 Å². The van der Waals surface area contributed by atoms with Crippen molar-refractivity contribution >= 4 is 17.1 Å². The molecule has 0 saturated heterocycles. The van der Waals surface area contributed by atoms with E-state index < -0.39 is 0 Å². The van der Waals surface area contributed by atoms with Gasteiger partial charge in [-0.1, -0.05) is 0 Å². The Kier molecular flexibility index (Phi) is 3.01. The highest BCUT2D eigenvalue weighted by Gasteiger charge is 2.13. The smallest absolute Gasteiger partial charge is 0.204 e. The van der Waals surface area contributed by atoms with Crippen LogP contribution in [0.25, 0.3) is 0 Å². The van der Waals surface area contributed by atoms with Crippen molar-refractivity contribution in [3.63, 3.8) is 0 Å². The van der Waals surface area contributed by atoms with Gasteiger partial charge in [-0.15, -0.1) is 11.3 Å². The number of aryl methyl sites for hydroxylation is 1. The molecule has 82 valence electrons. The highest BCUT2D eigenvalue weighted by molar-refractivity contribution is 7.12. The van der Waals surface area contributed by atoms with Gasteiger partial charge in [0.25, 0.3) is 0 Å². The molecule has 0 bridgehead atoms. The molecule has 2 rings (SSSR count). The van der Waals surface area contributed by atoms with Crippen molar-refractivity contribution in [1.82, 2.24) is 4.98 Å². The molecule has 0 amide bonds. The Hall–Kier alpha value is -1.68. The van der Waals surface area contributed by atoms with E-state index in [0.717, 1.165) is 11.4 Å². The largest absolute Gasteiger partial charge is 0.497 e. The van der Waals surface area contributed by atoms with E-state index in [0.29, 0.717) is 10.4 Å². The Morgan fingerprint density at radius 3 is 2.50 bits per heavy atom. The first-order valence-corrected chi connectivity index (χ1v) is 5.69. The number of rotatable bonds is 3.